The van der Waals surface area contributed by atoms with Gasteiger partial charge in [0.25, 0.3) is 5.91 Å². The standard InChI is InChI=1S/C21H19NO4/c1-22(12-14-7-8-15-5-3-4-6-16(15)11-14)21(25)19-17(13-23)9-10-18(24)20(19)26-2/h3-11,13,24H,12H2,1-2H3. The van der Waals surface area contributed by atoms with Gasteiger partial charge in [-0.3, -0.25) is 9.59 Å². The van der Waals surface area contributed by atoms with E-state index in [0.29, 0.717) is 12.8 Å². The first-order valence-electron chi connectivity index (χ1n) is 8.13. The zero-order valence-corrected chi connectivity index (χ0v) is 14.6. The Kier molecular flexibility index (Phi) is 4.89. The summed E-state index contributed by atoms with van der Waals surface area (Å²) in [5, 5.41) is 12.2. The number of amides is 1. The SMILES string of the molecule is COc1c(O)ccc(C=O)c1C(=O)N(C)Cc1ccc2ccccc2c1. The van der Waals surface area contributed by atoms with Crippen LogP contribution in [0.4, 0.5) is 0 Å². The van der Waals surface area contributed by atoms with Crippen LogP contribution < -0.4 is 4.74 Å². The maximum atomic E-state index is 12.9. The molecule has 1 N–H and O–H groups in total. The molecule has 0 radical (unpaired) electrons. The van der Waals surface area contributed by atoms with Gasteiger partial charge < -0.3 is 14.7 Å². The van der Waals surface area contributed by atoms with Gasteiger partial charge in [-0.1, -0.05) is 36.4 Å². The maximum absolute atomic E-state index is 12.9. The predicted octanol–water partition coefficient (Wildman–Crippen LogP) is 3.64. The zero-order valence-electron chi connectivity index (χ0n) is 14.6. The number of rotatable bonds is 5. The molecule has 0 spiro atoms. The second-order valence-electron chi connectivity index (χ2n) is 6.04. The van der Waals surface area contributed by atoms with E-state index in [4.69, 9.17) is 4.74 Å². The molecule has 3 aromatic carbocycles. The van der Waals surface area contributed by atoms with Gasteiger partial charge in [0.1, 0.15) is 0 Å². The van der Waals surface area contributed by atoms with Crippen LogP contribution in [0.15, 0.2) is 54.6 Å². The van der Waals surface area contributed by atoms with Crippen LogP contribution in [0.3, 0.4) is 0 Å². The molecule has 0 aliphatic heterocycles. The molecule has 0 fully saturated rings. The lowest BCUT2D eigenvalue weighted by molar-refractivity contribution is 0.0777. The smallest absolute Gasteiger partial charge is 0.258 e. The third kappa shape index (κ3) is 3.24. The monoisotopic (exact) mass is 349 g/mol. The van der Waals surface area contributed by atoms with Gasteiger partial charge in [0.15, 0.2) is 17.8 Å². The maximum Gasteiger partial charge on any atom is 0.258 e. The molecule has 0 saturated heterocycles. The van der Waals surface area contributed by atoms with Crippen molar-refractivity contribution >= 4 is 23.0 Å². The second kappa shape index (κ2) is 7.27. The molecule has 3 aromatic rings. The lowest BCUT2D eigenvalue weighted by Gasteiger charge is -2.20. The molecule has 0 atom stereocenters. The molecule has 0 unspecified atom stereocenters. The van der Waals surface area contributed by atoms with E-state index >= 15 is 0 Å². The number of aldehydes is 1. The lowest BCUT2D eigenvalue weighted by atomic mass is 10.0. The molecular weight excluding hydrogens is 330 g/mol. The number of aromatic hydroxyl groups is 1. The average Bonchev–Trinajstić information content (AvgIpc) is 2.67. The minimum atomic E-state index is -0.395. The summed E-state index contributed by atoms with van der Waals surface area (Å²) in [6.07, 6.45) is 0.582. The largest absolute Gasteiger partial charge is 0.504 e. The number of hydrogen-bond donors (Lipinski definition) is 1. The van der Waals surface area contributed by atoms with E-state index in [9.17, 15) is 14.7 Å². The number of carbonyl (C=O) groups is 2. The van der Waals surface area contributed by atoms with Crippen LogP contribution in [0.1, 0.15) is 26.3 Å². The Hall–Kier alpha value is -3.34. The van der Waals surface area contributed by atoms with Crippen molar-refractivity contribution in [3.63, 3.8) is 0 Å². The Bertz CT molecular complexity index is 981. The summed E-state index contributed by atoms with van der Waals surface area (Å²) < 4.78 is 5.14. The molecule has 0 bridgehead atoms. The first-order valence-corrected chi connectivity index (χ1v) is 8.13. The van der Waals surface area contributed by atoms with E-state index in [1.807, 2.05) is 42.5 Å². The van der Waals surface area contributed by atoms with E-state index in [2.05, 4.69) is 0 Å². The van der Waals surface area contributed by atoms with Crippen LogP contribution in [-0.4, -0.2) is 36.4 Å². The minimum Gasteiger partial charge on any atom is -0.504 e. The number of phenolic OH excluding ortho intramolecular Hbond substituents is 1. The Balaban J connectivity index is 1.92. The molecule has 0 saturated carbocycles. The molecule has 0 aromatic heterocycles. The fraction of sp³-hybridized carbons (Fsp3) is 0.143. The number of benzene rings is 3. The topological polar surface area (TPSA) is 66.8 Å². The van der Waals surface area contributed by atoms with Crippen LogP contribution >= 0.6 is 0 Å². The summed E-state index contributed by atoms with van der Waals surface area (Å²) in [7, 11) is 3.00. The molecule has 5 nitrogen and oxygen atoms in total. The Morgan fingerprint density at radius 2 is 1.85 bits per heavy atom. The second-order valence-corrected chi connectivity index (χ2v) is 6.04. The number of hydrogen-bond acceptors (Lipinski definition) is 4. The van der Waals surface area contributed by atoms with Crippen molar-refractivity contribution in [2.75, 3.05) is 14.2 Å². The average molecular weight is 349 g/mol. The highest BCUT2D eigenvalue weighted by molar-refractivity contribution is 6.04. The number of nitrogens with zero attached hydrogens (tertiary/aromatic N) is 1. The highest BCUT2D eigenvalue weighted by atomic mass is 16.5. The van der Waals surface area contributed by atoms with Gasteiger partial charge >= 0.3 is 0 Å². The number of fused-ring (bicyclic) bond motifs is 1. The molecule has 3 rings (SSSR count). The Morgan fingerprint density at radius 3 is 2.54 bits per heavy atom. The first-order chi connectivity index (χ1) is 12.5. The molecule has 0 aliphatic carbocycles. The summed E-state index contributed by atoms with van der Waals surface area (Å²) in [6.45, 7) is 0.362. The molecular formula is C21H19NO4. The third-order valence-corrected chi connectivity index (χ3v) is 4.29. The number of methoxy groups -OCH3 is 1. The number of ether oxygens (including phenoxy) is 1. The van der Waals surface area contributed by atoms with Gasteiger partial charge in [0.05, 0.1) is 12.7 Å². The fourth-order valence-corrected chi connectivity index (χ4v) is 2.99. The van der Waals surface area contributed by atoms with Crippen molar-refractivity contribution in [3.8, 4) is 11.5 Å². The fourth-order valence-electron chi connectivity index (χ4n) is 2.99. The summed E-state index contributed by atoms with van der Waals surface area (Å²) >= 11 is 0. The van der Waals surface area contributed by atoms with Crippen LogP contribution in [0.2, 0.25) is 0 Å². The van der Waals surface area contributed by atoms with Gasteiger partial charge in [-0.15, -0.1) is 0 Å². The quantitative estimate of drug-likeness (QED) is 0.714. The molecule has 5 heteroatoms. The molecule has 132 valence electrons. The highest BCUT2D eigenvalue weighted by Gasteiger charge is 2.23. The molecule has 0 heterocycles. The van der Waals surface area contributed by atoms with Crippen LogP contribution in [0.25, 0.3) is 10.8 Å². The molecule has 0 aliphatic rings. The molecule has 1 amide bonds. The van der Waals surface area contributed by atoms with E-state index in [0.717, 1.165) is 16.3 Å². The lowest BCUT2D eigenvalue weighted by Crippen LogP contribution is -2.27. The van der Waals surface area contributed by atoms with E-state index < -0.39 is 5.91 Å². The summed E-state index contributed by atoms with van der Waals surface area (Å²) in [4.78, 5) is 25.7. The number of carbonyl (C=O) groups excluding carboxylic acids is 2. The van der Waals surface area contributed by atoms with Crippen molar-refractivity contribution in [3.05, 3.63) is 71.3 Å². The van der Waals surface area contributed by atoms with Gasteiger partial charge in [0, 0.05) is 19.2 Å². The van der Waals surface area contributed by atoms with Crippen LogP contribution in [0.5, 0.6) is 11.5 Å². The van der Waals surface area contributed by atoms with E-state index in [1.54, 1.807) is 7.05 Å². The first kappa shape index (κ1) is 17.5. The zero-order chi connectivity index (χ0) is 18.7. The molecule has 26 heavy (non-hydrogen) atoms. The summed E-state index contributed by atoms with van der Waals surface area (Å²) in [5.74, 6) is -0.571. The summed E-state index contributed by atoms with van der Waals surface area (Å²) in [6, 6.07) is 16.7. The van der Waals surface area contributed by atoms with E-state index in [-0.39, 0.29) is 22.6 Å². The van der Waals surface area contributed by atoms with Crippen LogP contribution in [-0.2, 0) is 6.54 Å². The predicted molar refractivity (Wildman–Crippen MR) is 99.8 cm³/mol. The normalized spacial score (nSPS) is 10.5. The summed E-state index contributed by atoms with van der Waals surface area (Å²) in [5.41, 5.74) is 1.20. The van der Waals surface area contributed by atoms with Crippen molar-refractivity contribution in [1.29, 1.82) is 0 Å². The van der Waals surface area contributed by atoms with Gasteiger partial charge in [-0.2, -0.15) is 0 Å². The Morgan fingerprint density at radius 1 is 1.12 bits per heavy atom. The van der Waals surface area contributed by atoms with Crippen molar-refractivity contribution in [2.24, 2.45) is 0 Å². The third-order valence-electron chi connectivity index (χ3n) is 4.29. The van der Waals surface area contributed by atoms with Crippen LogP contribution in [0, 0.1) is 0 Å². The van der Waals surface area contributed by atoms with Crippen molar-refractivity contribution in [2.45, 2.75) is 6.54 Å². The van der Waals surface area contributed by atoms with Gasteiger partial charge in [0.2, 0.25) is 0 Å². The van der Waals surface area contributed by atoms with Gasteiger partial charge in [-0.05, 0) is 34.5 Å². The number of phenols is 1. The minimum absolute atomic E-state index is 0.00459. The Labute approximate surface area is 151 Å². The van der Waals surface area contributed by atoms with Crippen molar-refractivity contribution in [1.82, 2.24) is 4.90 Å². The van der Waals surface area contributed by atoms with Gasteiger partial charge in [-0.25, -0.2) is 0 Å². The van der Waals surface area contributed by atoms with Crippen molar-refractivity contribution < 1.29 is 19.4 Å². The van der Waals surface area contributed by atoms with E-state index in [1.165, 1.54) is 24.1 Å². The highest BCUT2D eigenvalue weighted by Crippen LogP contribution is 2.33.